The van der Waals surface area contributed by atoms with Crippen LogP contribution in [0.2, 0.25) is 0 Å². The second kappa shape index (κ2) is 12.1. The van der Waals surface area contributed by atoms with E-state index in [0.29, 0.717) is 24.8 Å². The van der Waals surface area contributed by atoms with E-state index in [2.05, 4.69) is 19.6 Å². The summed E-state index contributed by atoms with van der Waals surface area (Å²) in [4.78, 5) is 26.5. The Balaban J connectivity index is 2.00. The molecule has 38 heavy (non-hydrogen) atoms. The van der Waals surface area contributed by atoms with Gasteiger partial charge in [0.2, 0.25) is 0 Å². The van der Waals surface area contributed by atoms with Crippen molar-refractivity contribution < 1.29 is 33.1 Å². The first kappa shape index (κ1) is 30.6. The number of phenols is 1. The summed E-state index contributed by atoms with van der Waals surface area (Å²) in [6, 6.07) is 3.52. The van der Waals surface area contributed by atoms with Gasteiger partial charge in [0.05, 0.1) is 6.61 Å². The highest BCUT2D eigenvalue weighted by Gasteiger charge is 2.48. The lowest BCUT2D eigenvalue weighted by Gasteiger charge is -2.36. The van der Waals surface area contributed by atoms with Crippen LogP contribution in [0.15, 0.2) is 35.9 Å². The molecule has 0 spiro atoms. The number of hydrogen-bond acceptors (Lipinski definition) is 7. The van der Waals surface area contributed by atoms with Crippen molar-refractivity contribution in [2.75, 3.05) is 6.61 Å². The maximum Gasteiger partial charge on any atom is 0.344 e. The van der Waals surface area contributed by atoms with Crippen molar-refractivity contribution in [1.82, 2.24) is 0 Å². The number of benzene rings is 1. The van der Waals surface area contributed by atoms with Crippen molar-refractivity contribution in [3.63, 3.8) is 0 Å². The molecule has 0 bridgehead atoms. The van der Waals surface area contributed by atoms with Crippen LogP contribution in [0.4, 0.5) is 0 Å². The molecule has 7 nitrogen and oxygen atoms in total. The van der Waals surface area contributed by atoms with E-state index in [9.17, 15) is 19.4 Å². The van der Waals surface area contributed by atoms with E-state index < -0.39 is 24.8 Å². The number of allylic oxidation sites excluding steroid dienone is 3. The Kier molecular flexibility index (Phi) is 9.73. The smallest absolute Gasteiger partial charge is 0.344 e. The Morgan fingerprint density at radius 3 is 2.50 bits per heavy atom. The molecule has 0 aromatic heterocycles. The molecular formula is C30H44O7P-. The van der Waals surface area contributed by atoms with Crippen molar-refractivity contribution in [3.8, 4) is 11.5 Å². The molecule has 1 fully saturated rings. The molecule has 0 amide bonds. The van der Waals surface area contributed by atoms with Crippen LogP contribution < -0.4 is 9.63 Å². The quantitative estimate of drug-likeness (QED) is 0.144. The molecule has 1 aromatic rings. The van der Waals surface area contributed by atoms with Crippen molar-refractivity contribution in [2.24, 2.45) is 11.3 Å². The van der Waals surface area contributed by atoms with Gasteiger partial charge in [-0.15, -0.1) is 0 Å². The van der Waals surface area contributed by atoms with Gasteiger partial charge in [0, 0.05) is 11.5 Å². The fourth-order valence-corrected chi connectivity index (χ4v) is 6.69. The zero-order valence-electron chi connectivity index (χ0n) is 23.8. The third kappa shape index (κ3) is 7.59. The number of phenolic OH excluding ortho intramolecular Hbond substituents is 1. The lowest BCUT2D eigenvalue weighted by Crippen LogP contribution is -2.42. The maximum atomic E-state index is 13.7. The number of ether oxygens (including phenoxy) is 1. The van der Waals surface area contributed by atoms with E-state index >= 15 is 0 Å². The van der Waals surface area contributed by atoms with Crippen LogP contribution in [0, 0.1) is 11.3 Å². The molecule has 1 aromatic carbocycles. The molecule has 2 aliphatic rings. The molecule has 2 aliphatic carbocycles. The van der Waals surface area contributed by atoms with Crippen molar-refractivity contribution >= 4 is 13.8 Å². The first-order valence-electron chi connectivity index (χ1n) is 13.7. The van der Waals surface area contributed by atoms with E-state index in [1.54, 1.807) is 12.1 Å². The van der Waals surface area contributed by atoms with Crippen molar-refractivity contribution in [2.45, 2.75) is 104 Å². The van der Waals surface area contributed by atoms with Gasteiger partial charge in [0.1, 0.15) is 11.5 Å². The minimum Gasteiger partial charge on any atom is -0.756 e. The number of phosphoric ester groups is 1. The zero-order valence-corrected chi connectivity index (χ0v) is 24.7. The monoisotopic (exact) mass is 547 g/mol. The Hall–Kier alpha value is -1.92. The first-order chi connectivity index (χ1) is 17.7. The molecule has 0 saturated heterocycles. The molecule has 1 N–H and O–H groups in total. The van der Waals surface area contributed by atoms with Gasteiger partial charge in [-0.3, -0.25) is 9.09 Å². The summed E-state index contributed by atoms with van der Waals surface area (Å²) in [6.07, 6.45) is 7.15. The number of aryl methyl sites for hydroxylation is 1. The standard InChI is InChI=1S/C30H45O7P/c1-8-11-22-17-25(31)27(24-16-21(4)12-13-23(24)20(2)3)26(18-22)36-28(32)30(14-9-10-15-30)37-38(33,34)35-19-29(5,6)7/h16-18,23-24,31H,2,8-15,19H2,1,3-7H3,(H,33,34)/p-1/t23-,24+/m0/s1. The molecule has 0 aliphatic heterocycles. The van der Waals surface area contributed by atoms with Gasteiger partial charge in [-0.25, -0.2) is 4.79 Å². The average molecular weight is 548 g/mol. The number of carbonyl (C=O) groups is 1. The lowest BCUT2D eigenvalue weighted by molar-refractivity contribution is -0.239. The number of carbonyl (C=O) groups excluding carboxylic acids is 1. The first-order valence-corrected chi connectivity index (χ1v) is 15.2. The number of rotatable bonds is 10. The van der Waals surface area contributed by atoms with Gasteiger partial charge in [0.15, 0.2) is 5.60 Å². The fraction of sp³-hybridized carbons (Fsp3) is 0.633. The average Bonchev–Trinajstić information content (AvgIpc) is 3.26. The molecular weight excluding hydrogens is 503 g/mol. The number of esters is 1. The molecule has 8 heteroatoms. The van der Waals surface area contributed by atoms with Crippen LogP contribution in [0.5, 0.6) is 11.5 Å². The van der Waals surface area contributed by atoms with Crippen LogP contribution in [0.1, 0.15) is 104 Å². The summed E-state index contributed by atoms with van der Waals surface area (Å²) in [5, 5.41) is 11.2. The van der Waals surface area contributed by atoms with Gasteiger partial charge in [-0.05, 0) is 87.8 Å². The summed E-state index contributed by atoms with van der Waals surface area (Å²) in [6.45, 7) is 15.7. The topological polar surface area (TPSA) is 105 Å². The highest BCUT2D eigenvalue weighted by atomic mass is 31.2. The molecule has 1 saturated carbocycles. The second-order valence-corrected chi connectivity index (χ2v) is 13.6. The van der Waals surface area contributed by atoms with Crippen LogP contribution in [-0.2, 0) is 24.8 Å². The van der Waals surface area contributed by atoms with E-state index in [1.807, 2.05) is 34.6 Å². The SMILES string of the molecule is C=C(C)[C@@H]1CCC(C)=C[C@H]1c1c(O)cc(CCC)cc1OC(=O)C1(OP(=O)([O-])OCC(C)(C)C)CCCC1. The second-order valence-electron chi connectivity index (χ2n) is 12.3. The molecule has 1 unspecified atom stereocenters. The van der Waals surface area contributed by atoms with Gasteiger partial charge in [-0.1, -0.05) is 57.9 Å². The maximum absolute atomic E-state index is 13.7. The van der Waals surface area contributed by atoms with Gasteiger partial charge in [-0.2, -0.15) is 0 Å². The third-order valence-electron chi connectivity index (χ3n) is 7.36. The molecule has 0 heterocycles. The predicted octanol–water partition coefficient (Wildman–Crippen LogP) is 7.13. The highest BCUT2D eigenvalue weighted by Crippen LogP contribution is 2.51. The third-order valence-corrected chi connectivity index (χ3v) is 8.38. The number of aromatic hydroxyl groups is 1. The van der Waals surface area contributed by atoms with E-state index in [1.165, 1.54) is 5.57 Å². The van der Waals surface area contributed by atoms with Gasteiger partial charge in [0.25, 0.3) is 7.82 Å². The van der Waals surface area contributed by atoms with E-state index in [4.69, 9.17) is 13.8 Å². The highest BCUT2D eigenvalue weighted by molar-refractivity contribution is 7.46. The Morgan fingerprint density at radius 1 is 1.26 bits per heavy atom. The summed E-state index contributed by atoms with van der Waals surface area (Å²) in [7, 11) is -4.78. The molecule has 0 radical (unpaired) electrons. The summed E-state index contributed by atoms with van der Waals surface area (Å²) < 4.78 is 29.4. The Bertz CT molecular complexity index is 1110. The summed E-state index contributed by atoms with van der Waals surface area (Å²) >= 11 is 0. The van der Waals surface area contributed by atoms with Crippen molar-refractivity contribution in [1.29, 1.82) is 0 Å². The van der Waals surface area contributed by atoms with Crippen LogP contribution >= 0.6 is 7.82 Å². The van der Waals surface area contributed by atoms with Crippen LogP contribution in [0.3, 0.4) is 0 Å². The van der Waals surface area contributed by atoms with Crippen LogP contribution in [0.25, 0.3) is 0 Å². The lowest BCUT2D eigenvalue weighted by atomic mass is 9.73. The number of phosphoric acid groups is 1. The minimum absolute atomic E-state index is 0.0605. The predicted molar refractivity (Wildman–Crippen MR) is 147 cm³/mol. The van der Waals surface area contributed by atoms with Crippen LogP contribution in [-0.4, -0.2) is 23.3 Å². The molecule has 3 rings (SSSR count). The van der Waals surface area contributed by atoms with E-state index in [0.717, 1.165) is 30.4 Å². The number of hydrogen-bond donors (Lipinski definition) is 1. The van der Waals surface area contributed by atoms with Gasteiger partial charge >= 0.3 is 5.97 Å². The van der Waals surface area contributed by atoms with Gasteiger partial charge < -0.3 is 19.3 Å². The zero-order chi connectivity index (χ0) is 28.3. The fourth-order valence-electron chi connectivity index (χ4n) is 5.41. The summed E-state index contributed by atoms with van der Waals surface area (Å²) in [5.74, 6) is -0.621. The normalized spacial score (nSPS) is 23.0. The van der Waals surface area contributed by atoms with E-state index in [-0.39, 0.29) is 42.8 Å². The summed E-state index contributed by atoms with van der Waals surface area (Å²) in [5.41, 5.74) is 1.49. The largest absolute Gasteiger partial charge is 0.756 e. The molecule has 212 valence electrons. The Morgan fingerprint density at radius 2 is 1.92 bits per heavy atom. The molecule has 3 atom stereocenters. The minimum atomic E-state index is -4.78. The Labute approximate surface area is 227 Å². The van der Waals surface area contributed by atoms with Crippen molar-refractivity contribution in [3.05, 3.63) is 47.1 Å².